The van der Waals surface area contributed by atoms with Crippen LogP contribution < -0.4 is 9.47 Å². The quantitative estimate of drug-likeness (QED) is 0.187. The lowest BCUT2D eigenvalue weighted by Gasteiger charge is -2.26. The maximum atomic E-state index is 13.2. The van der Waals surface area contributed by atoms with Gasteiger partial charge in [0.15, 0.2) is 0 Å². The number of carboxylic acids is 1. The Morgan fingerprint density at radius 3 is 2.44 bits per heavy atom. The largest absolute Gasteiger partial charge is 0.492 e. The number of hydrogen-bond acceptors (Lipinski definition) is 8. The second kappa shape index (κ2) is 14.6. The van der Waals surface area contributed by atoms with Crippen molar-refractivity contribution in [3.63, 3.8) is 0 Å². The first kappa shape index (κ1) is 31.3. The van der Waals surface area contributed by atoms with Crippen molar-refractivity contribution in [1.29, 1.82) is 0 Å². The summed E-state index contributed by atoms with van der Waals surface area (Å²) in [6, 6.07) is 17.1. The average Bonchev–Trinajstić information content (AvgIpc) is 3.26. The normalized spacial score (nSPS) is 16.6. The van der Waals surface area contributed by atoms with Gasteiger partial charge < -0.3 is 19.3 Å². The van der Waals surface area contributed by atoms with Crippen molar-refractivity contribution < 1.29 is 28.9 Å². The third kappa shape index (κ3) is 8.08. The van der Waals surface area contributed by atoms with E-state index in [4.69, 9.17) is 54.7 Å². The van der Waals surface area contributed by atoms with Gasteiger partial charge in [0.1, 0.15) is 29.0 Å². The zero-order chi connectivity index (χ0) is 30.3. The van der Waals surface area contributed by atoms with E-state index in [-0.39, 0.29) is 24.6 Å². The Labute approximate surface area is 269 Å². The molecule has 2 saturated heterocycles. The fourth-order valence-corrected chi connectivity index (χ4v) is 6.40. The van der Waals surface area contributed by atoms with E-state index < -0.39 is 5.97 Å². The van der Waals surface area contributed by atoms with Crippen molar-refractivity contribution in [1.82, 2.24) is 9.80 Å². The lowest BCUT2D eigenvalue weighted by atomic mass is 10.0. The van der Waals surface area contributed by atoms with Crippen LogP contribution in [0.5, 0.6) is 11.5 Å². The highest BCUT2D eigenvalue weighted by atomic mass is 35.5. The molecule has 0 radical (unpaired) electrons. The molecule has 43 heavy (non-hydrogen) atoms. The maximum absolute atomic E-state index is 13.2. The van der Waals surface area contributed by atoms with Crippen LogP contribution in [0.4, 0.5) is 0 Å². The Morgan fingerprint density at radius 1 is 0.977 bits per heavy atom. The summed E-state index contributed by atoms with van der Waals surface area (Å²) in [5.41, 5.74) is 2.51. The van der Waals surface area contributed by atoms with Gasteiger partial charge in [-0.2, -0.15) is 0 Å². The molecule has 1 amide bonds. The number of carbonyl (C=O) groups excluding carboxylic acids is 1. The minimum absolute atomic E-state index is 0.170. The molecule has 2 fully saturated rings. The molecule has 12 heteroatoms. The molecule has 2 aliphatic heterocycles. The molecule has 0 saturated carbocycles. The number of nitrogens with zero attached hydrogens (tertiary/aromatic N) is 2. The number of amides is 1. The van der Waals surface area contributed by atoms with E-state index in [9.17, 15) is 9.59 Å². The molecule has 1 N–H and O–H groups in total. The molecule has 0 spiro atoms. The number of morpholine rings is 1. The van der Waals surface area contributed by atoms with Crippen molar-refractivity contribution in [2.75, 3.05) is 52.6 Å². The van der Waals surface area contributed by atoms with Crippen molar-refractivity contribution in [2.24, 2.45) is 0 Å². The number of carbonyl (C=O) groups is 2. The lowest BCUT2D eigenvalue weighted by molar-refractivity contribution is -0.122. The monoisotopic (exact) mass is 658 g/mol. The van der Waals surface area contributed by atoms with Crippen LogP contribution in [0.2, 0.25) is 10.0 Å². The SMILES string of the molecule is O=C(O)c1ccc(OCCN2C(=O)C(=Cc3ccc(OCCN4CCOCC4)c(-c4ccc(Cl)cc4Cl)c3)SC2=S)cc1. The predicted molar refractivity (Wildman–Crippen MR) is 173 cm³/mol. The summed E-state index contributed by atoms with van der Waals surface area (Å²) in [5, 5.41) is 10.1. The molecule has 2 aliphatic rings. The van der Waals surface area contributed by atoms with Crippen LogP contribution in [0.3, 0.4) is 0 Å². The maximum Gasteiger partial charge on any atom is 0.335 e. The number of thiocarbonyl (C=S) groups is 1. The van der Waals surface area contributed by atoms with Gasteiger partial charge in [-0.1, -0.05) is 59.3 Å². The second-order valence-corrected chi connectivity index (χ2v) is 12.2. The van der Waals surface area contributed by atoms with Gasteiger partial charge in [0.25, 0.3) is 5.91 Å². The summed E-state index contributed by atoms with van der Waals surface area (Å²) in [6.45, 7) is 4.93. The summed E-state index contributed by atoms with van der Waals surface area (Å²) in [7, 11) is 0. The fourth-order valence-electron chi connectivity index (χ4n) is 4.58. The van der Waals surface area contributed by atoms with Gasteiger partial charge in [0.2, 0.25) is 0 Å². The van der Waals surface area contributed by atoms with E-state index in [1.807, 2.05) is 24.3 Å². The van der Waals surface area contributed by atoms with E-state index in [0.717, 1.165) is 49.5 Å². The van der Waals surface area contributed by atoms with Crippen molar-refractivity contribution >= 4 is 69.5 Å². The van der Waals surface area contributed by atoms with Crippen LogP contribution in [0.1, 0.15) is 15.9 Å². The Kier molecular flexibility index (Phi) is 10.6. The van der Waals surface area contributed by atoms with Crippen molar-refractivity contribution in [3.8, 4) is 22.6 Å². The van der Waals surface area contributed by atoms with Gasteiger partial charge in [0, 0.05) is 35.8 Å². The van der Waals surface area contributed by atoms with Crippen LogP contribution in [-0.4, -0.2) is 83.7 Å². The number of rotatable bonds is 11. The highest BCUT2D eigenvalue weighted by molar-refractivity contribution is 8.26. The molecule has 0 atom stereocenters. The molecule has 8 nitrogen and oxygen atoms in total. The molecule has 0 aliphatic carbocycles. The molecule has 5 rings (SSSR count). The predicted octanol–water partition coefficient (Wildman–Crippen LogP) is 6.35. The van der Waals surface area contributed by atoms with E-state index in [2.05, 4.69) is 4.90 Å². The Bertz CT molecular complexity index is 1540. The van der Waals surface area contributed by atoms with Crippen LogP contribution >= 0.6 is 47.2 Å². The first-order valence-corrected chi connectivity index (χ1v) is 15.5. The molecule has 0 bridgehead atoms. The second-order valence-electron chi connectivity index (χ2n) is 9.69. The summed E-state index contributed by atoms with van der Waals surface area (Å²) in [4.78, 5) is 28.6. The first-order chi connectivity index (χ1) is 20.8. The first-order valence-electron chi connectivity index (χ1n) is 13.5. The molecule has 3 aromatic rings. The molecule has 0 unspecified atom stereocenters. The number of thioether (sulfide) groups is 1. The molecule has 0 aromatic heterocycles. The summed E-state index contributed by atoms with van der Waals surface area (Å²) in [6.07, 6.45) is 1.80. The van der Waals surface area contributed by atoms with Crippen molar-refractivity contribution in [3.05, 3.63) is 86.7 Å². The standard InChI is InChI=1S/C31H28Cl2N2O6S2/c32-22-4-7-24(26(33)19-22)25-17-20(1-8-27(25)41-15-11-34-9-13-39-14-10-34)18-28-29(36)35(31(42)43-28)12-16-40-23-5-2-21(3-6-23)30(37)38/h1-8,17-19H,9-16H2,(H,37,38). The number of halogens is 2. The minimum Gasteiger partial charge on any atom is -0.492 e. The lowest BCUT2D eigenvalue weighted by Crippen LogP contribution is -2.38. The molecule has 224 valence electrons. The summed E-state index contributed by atoms with van der Waals surface area (Å²) >= 11 is 19.5. The zero-order valence-corrected chi connectivity index (χ0v) is 26.1. The molecule has 3 aromatic carbocycles. The number of ether oxygens (including phenoxy) is 3. The Morgan fingerprint density at radius 2 is 1.72 bits per heavy atom. The van der Waals surface area contributed by atoms with E-state index in [1.54, 1.807) is 30.3 Å². The van der Waals surface area contributed by atoms with E-state index in [1.165, 1.54) is 28.8 Å². The van der Waals surface area contributed by atoms with Gasteiger partial charge in [-0.15, -0.1) is 0 Å². The molecule has 2 heterocycles. The summed E-state index contributed by atoms with van der Waals surface area (Å²) in [5.74, 6) is -0.0377. The van der Waals surface area contributed by atoms with Crippen LogP contribution in [-0.2, 0) is 9.53 Å². The third-order valence-corrected chi connectivity index (χ3v) is 8.78. The van der Waals surface area contributed by atoms with Gasteiger partial charge in [-0.05, 0) is 60.2 Å². The van der Waals surface area contributed by atoms with Crippen LogP contribution in [0, 0.1) is 0 Å². The number of carboxylic acid groups (broad SMARTS) is 1. The average molecular weight is 660 g/mol. The smallest absolute Gasteiger partial charge is 0.335 e. The molecular formula is C31H28Cl2N2O6S2. The van der Waals surface area contributed by atoms with E-state index >= 15 is 0 Å². The van der Waals surface area contributed by atoms with Gasteiger partial charge >= 0.3 is 5.97 Å². The summed E-state index contributed by atoms with van der Waals surface area (Å²) < 4.78 is 17.8. The fraction of sp³-hybridized carbons (Fsp3) is 0.258. The highest BCUT2D eigenvalue weighted by Crippen LogP contribution is 2.39. The van der Waals surface area contributed by atoms with Crippen LogP contribution in [0.15, 0.2) is 65.6 Å². The topological polar surface area (TPSA) is 88.5 Å². The Balaban J connectivity index is 1.29. The number of benzene rings is 3. The zero-order valence-electron chi connectivity index (χ0n) is 23.0. The highest BCUT2D eigenvalue weighted by Gasteiger charge is 2.32. The van der Waals surface area contributed by atoms with E-state index in [0.29, 0.717) is 37.4 Å². The number of hydrogen-bond donors (Lipinski definition) is 1. The van der Waals surface area contributed by atoms with Crippen LogP contribution in [0.25, 0.3) is 17.2 Å². The van der Waals surface area contributed by atoms with Crippen molar-refractivity contribution in [2.45, 2.75) is 0 Å². The third-order valence-electron chi connectivity index (χ3n) is 6.85. The molecular weight excluding hydrogens is 631 g/mol. The Hall–Kier alpha value is -3.12. The van der Waals surface area contributed by atoms with Gasteiger partial charge in [-0.3, -0.25) is 14.6 Å². The minimum atomic E-state index is -1.01. The van der Waals surface area contributed by atoms with Gasteiger partial charge in [0.05, 0.1) is 35.2 Å². The number of aromatic carboxylic acids is 1. The van der Waals surface area contributed by atoms with Gasteiger partial charge in [-0.25, -0.2) is 4.79 Å².